The van der Waals surface area contributed by atoms with Gasteiger partial charge in [0.25, 0.3) is 0 Å². The van der Waals surface area contributed by atoms with Crippen LogP contribution in [-0.4, -0.2) is 18.5 Å². The minimum atomic E-state index is -0.318. The molecule has 0 aliphatic heterocycles. The average Bonchev–Trinajstić information content (AvgIpc) is 3.00. The predicted octanol–water partition coefficient (Wildman–Crippen LogP) is 4.99. The van der Waals surface area contributed by atoms with Gasteiger partial charge in [0, 0.05) is 11.3 Å². The molecule has 144 valence electrons. The number of fused-ring (bicyclic) bond motifs is 1. The molecule has 1 aliphatic carbocycles. The molecule has 4 nitrogen and oxygen atoms in total. The number of esters is 1. The molecular weight excluding hydrogens is 358 g/mol. The summed E-state index contributed by atoms with van der Waals surface area (Å²) in [6.07, 6.45) is 5.16. The van der Waals surface area contributed by atoms with Crippen LogP contribution < -0.4 is 5.32 Å². The van der Waals surface area contributed by atoms with Crippen LogP contribution in [0.2, 0.25) is 0 Å². The second kappa shape index (κ2) is 8.70. The molecule has 1 aromatic heterocycles. The van der Waals surface area contributed by atoms with Crippen LogP contribution in [-0.2, 0) is 28.8 Å². The van der Waals surface area contributed by atoms with E-state index in [1.165, 1.54) is 27.3 Å². The molecule has 1 aromatic carbocycles. The topological polar surface area (TPSA) is 55.4 Å². The highest BCUT2D eigenvalue weighted by molar-refractivity contribution is 7.17. The summed E-state index contributed by atoms with van der Waals surface area (Å²) < 4.78 is 5.24. The Labute approximate surface area is 164 Å². The van der Waals surface area contributed by atoms with Crippen molar-refractivity contribution in [3.8, 4) is 0 Å². The van der Waals surface area contributed by atoms with Crippen molar-refractivity contribution in [1.29, 1.82) is 0 Å². The number of carbonyl (C=O) groups is 2. The molecule has 2 aromatic rings. The molecule has 0 radical (unpaired) electrons. The van der Waals surface area contributed by atoms with Gasteiger partial charge >= 0.3 is 5.97 Å². The van der Waals surface area contributed by atoms with Gasteiger partial charge in [-0.3, -0.25) is 4.79 Å². The normalized spacial score (nSPS) is 13.1. The highest BCUT2D eigenvalue weighted by Gasteiger charge is 2.27. The van der Waals surface area contributed by atoms with E-state index in [0.29, 0.717) is 30.0 Å². The lowest BCUT2D eigenvalue weighted by atomic mass is 9.95. The van der Waals surface area contributed by atoms with Crippen LogP contribution in [0.3, 0.4) is 0 Å². The molecule has 1 heterocycles. The van der Waals surface area contributed by atoms with Crippen molar-refractivity contribution in [3.63, 3.8) is 0 Å². The second-order valence-electron chi connectivity index (χ2n) is 7.10. The summed E-state index contributed by atoms with van der Waals surface area (Å²) in [6, 6.07) is 6.30. The van der Waals surface area contributed by atoms with E-state index in [-0.39, 0.29) is 11.9 Å². The zero-order chi connectivity index (χ0) is 19.4. The molecular formula is C22H27NO3S. The summed E-state index contributed by atoms with van der Waals surface area (Å²) in [5, 5.41) is 3.64. The van der Waals surface area contributed by atoms with Crippen molar-refractivity contribution >= 4 is 28.2 Å². The number of aryl methyl sites for hydroxylation is 4. The van der Waals surface area contributed by atoms with E-state index in [1.807, 2.05) is 0 Å². The Morgan fingerprint density at radius 3 is 2.67 bits per heavy atom. The van der Waals surface area contributed by atoms with Crippen molar-refractivity contribution < 1.29 is 14.3 Å². The zero-order valence-corrected chi connectivity index (χ0v) is 17.1. The van der Waals surface area contributed by atoms with Crippen molar-refractivity contribution in [2.24, 2.45) is 0 Å². The van der Waals surface area contributed by atoms with Gasteiger partial charge in [0.2, 0.25) is 5.91 Å². The molecule has 0 saturated carbocycles. The van der Waals surface area contributed by atoms with Crippen molar-refractivity contribution in [3.05, 3.63) is 50.9 Å². The van der Waals surface area contributed by atoms with Gasteiger partial charge in [-0.15, -0.1) is 11.3 Å². The molecule has 0 bridgehead atoms. The maximum absolute atomic E-state index is 12.5. The van der Waals surface area contributed by atoms with Crippen molar-refractivity contribution in [2.45, 2.75) is 59.3 Å². The standard InChI is InChI=1S/C22H27NO3S/c1-4-26-22(25)20-17-7-5-6-8-18(17)27-21(20)23-19(24)12-11-16-10-9-14(2)15(3)13-16/h9-10,13H,4-8,11-12H2,1-3H3,(H,23,24). The van der Waals surface area contributed by atoms with Gasteiger partial charge in [0.15, 0.2) is 0 Å². The van der Waals surface area contributed by atoms with E-state index >= 15 is 0 Å². The van der Waals surface area contributed by atoms with E-state index in [2.05, 4.69) is 37.4 Å². The average molecular weight is 386 g/mol. The summed E-state index contributed by atoms with van der Waals surface area (Å²) in [6.45, 7) is 6.31. The molecule has 0 saturated heterocycles. The SMILES string of the molecule is CCOC(=O)c1c(NC(=O)CCc2ccc(C)c(C)c2)sc2c1CCCC2. The first-order valence-electron chi connectivity index (χ1n) is 9.67. The molecule has 1 aliphatic rings. The Bertz CT molecular complexity index is 853. The van der Waals surface area contributed by atoms with Crippen LogP contribution >= 0.6 is 11.3 Å². The number of benzene rings is 1. The van der Waals surface area contributed by atoms with E-state index in [1.54, 1.807) is 6.92 Å². The Hall–Kier alpha value is -2.14. The van der Waals surface area contributed by atoms with Gasteiger partial charge in [0.05, 0.1) is 12.2 Å². The highest BCUT2D eigenvalue weighted by atomic mass is 32.1. The lowest BCUT2D eigenvalue weighted by Crippen LogP contribution is -2.16. The van der Waals surface area contributed by atoms with Gasteiger partial charge in [-0.25, -0.2) is 4.79 Å². The minimum absolute atomic E-state index is 0.0580. The monoisotopic (exact) mass is 385 g/mol. The lowest BCUT2D eigenvalue weighted by Gasteiger charge is -2.12. The molecule has 5 heteroatoms. The van der Waals surface area contributed by atoms with E-state index in [9.17, 15) is 9.59 Å². The third-order valence-corrected chi connectivity index (χ3v) is 6.32. The molecule has 0 spiro atoms. The molecule has 3 rings (SSSR count). The van der Waals surface area contributed by atoms with Crippen LogP contribution in [0.25, 0.3) is 0 Å². The number of nitrogens with one attached hydrogen (secondary N) is 1. The fourth-order valence-corrected chi connectivity index (χ4v) is 4.77. The molecule has 0 fully saturated rings. The first-order valence-corrected chi connectivity index (χ1v) is 10.5. The number of ether oxygens (including phenoxy) is 1. The Balaban J connectivity index is 1.72. The van der Waals surface area contributed by atoms with E-state index in [4.69, 9.17) is 4.74 Å². The van der Waals surface area contributed by atoms with Crippen LogP contribution in [0.1, 0.15) is 63.7 Å². The fraction of sp³-hybridized carbons (Fsp3) is 0.455. The number of amides is 1. The number of rotatable bonds is 6. The highest BCUT2D eigenvalue weighted by Crippen LogP contribution is 2.38. The maximum atomic E-state index is 12.5. The summed E-state index contributed by atoms with van der Waals surface area (Å²) in [7, 11) is 0. The third-order valence-electron chi connectivity index (χ3n) is 5.12. The van der Waals surface area contributed by atoms with E-state index in [0.717, 1.165) is 36.8 Å². The molecule has 1 N–H and O–H groups in total. The van der Waals surface area contributed by atoms with Crippen molar-refractivity contribution in [2.75, 3.05) is 11.9 Å². The number of hydrogen-bond acceptors (Lipinski definition) is 4. The maximum Gasteiger partial charge on any atom is 0.341 e. The van der Waals surface area contributed by atoms with Crippen LogP contribution in [0.4, 0.5) is 5.00 Å². The summed E-state index contributed by atoms with van der Waals surface area (Å²) >= 11 is 1.54. The molecule has 0 unspecified atom stereocenters. The fourth-order valence-electron chi connectivity index (χ4n) is 3.48. The molecule has 27 heavy (non-hydrogen) atoms. The lowest BCUT2D eigenvalue weighted by molar-refractivity contribution is -0.116. The molecule has 0 atom stereocenters. The largest absolute Gasteiger partial charge is 0.462 e. The van der Waals surface area contributed by atoms with Gasteiger partial charge in [-0.05, 0) is 75.1 Å². The van der Waals surface area contributed by atoms with Crippen LogP contribution in [0.5, 0.6) is 0 Å². The minimum Gasteiger partial charge on any atom is -0.462 e. The summed E-state index contributed by atoms with van der Waals surface area (Å²) in [4.78, 5) is 26.2. The Morgan fingerprint density at radius 2 is 1.93 bits per heavy atom. The Kier molecular flexibility index (Phi) is 6.32. The van der Waals surface area contributed by atoms with E-state index < -0.39 is 0 Å². The Morgan fingerprint density at radius 1 is 1.15 bits per heavy atom. The number of carbonyl (C=O) groups excluding carboxylic acids is 2. The first kappa shape index (κ1) is 19.6. The number of hydrogen-bond donors (Lipinski definition) is 1. The number of anilines is 1. The predicted molar refractivity (Wildman–Crippen MR) is 110 cm³/mol. The van der Waals surface area contributed by atoms with Crippen molar-refractivity contribution in [1.82, 2.24) is 0 Å². The van der Waals surface area contributed by atoms with Gasteiger partial charge in [-0.1, -0.05) is 18.2 Å². The third kappa shape index (κ3) is 4.59. The van der Waals surface area contributed by atoms with Crippen LogP contribution in [0.15, 0.2) is 18.2 Å². The quantitative estimate of drug-likeness (QED) is 0.713. The van der Waals surface area contributed by atoms with Gasteiger partial charge < -0.3 is 10.1 Å². The summed E-state index contributed by atoms with van der Waals surface area (Å²) in [5.74, 6) is -0.376. The van der Waals surface area contributed by atoms with Crippen LogP contribution in [0, 0.1) is 13.8 Å². The van der Waals surface area contributed by atoms with Gasteiger partial charge in [0.1, 0.15) is 5.00 Å². The zero-order valence-electron chi connectivity index (χ0n) is 16.3. The smallest absolute Gasteiger partial charge is 0.341 e. The van der Waals surface area contributed by atoms with Gasteiger partial charge in [-0.2, -0.15) is 0 Å². The second-order valence-corrected chi connectivity index (χ2v) is 8.21. The first-order chi connectivity index (χ1) is 13.0. The summed E-state index contributed by atoms with van der Waals surface area (Å²) in [5.41, 5.74) is 5.31. The molecule has 1 amide bonds. The number of thiophene rings is 1.